The molecular weight excluding hydrogens is 566 g/mol. The average molecular weight is 587 g/mol. The number of rotatable bonds is 9. The van der Waals surface area contributed by atoms with Gasteiger partial charge in [-0.2, -0.15) is 0 Å². The predicted molar refractivity (Wildman–Crippen MR) is 145 cm³/mol. The maximum Gasteiger partial charge on any atom is 0.342 e. The van der Waals surface area contributed by atoms with Crippen LogP contribution < -0.4 is 9.47 Å². The van der Waals surface area contributed by atoms with Gasteiger partial charge >= 0.3 is 5.97 Å². The lowest BCUT2D eigenvalue weighted by molar-refractivity contribution is -0.131. The van der Waals surface area contributed by atoms with Crippen molar-refractivity contribution in [3.05, 3.63) is 91.8 Å². The Morgan fingerprint density at radius 2 is 1.89 bits per heavy atom. The van der Waals surface area contributed by atoms with E-state index in [4.69, 9.17) is 21.1 Å². The van der Waals surface area contributed by atoms with Crippen molar-refractivity contribution >= 4 is 51.3 Å². The summed E-state index contributed by atoms with van der Waals surface area (Å²) < 4.78 is 12.2. The number of carboxylic acids is 1. The first-order valence-corrected chi connectivity index (χ1v) is 12.7. The third kappa shape index (κ3) is 6.48. The van der Waals surface area contributed by atoms with Gasteiger partial charge in [-0.15, -0.1) is 5.10 Å². The summed E-state index contributed by atoms with van der Waals surface area (Å²) >= 11 is 10.5. The molecule has 2 N–H and O–H groups in total. The fraction of sp³-hybridized carbons (Fsp3) is 0.115. The van der Waals surface area contributed by atoms with Crippen LogP contribution in [0.25, 0.3) is 17.5 Å². The molecule has 0 aliphatic carbocycles. The van der Waals surface area contributed by atoms with Crippen LogP contribution in [0, 0.1) is 6.92 Å². The summed E-state index contributed by atoms with van der Waals surface area (Å²) in [7, 11) is 1.54. The van der Waals surface area contributed by atoms with Gasteiger partial charge in [0, 0.05) is 15.1 Å². The fourth-order valence-electron chi connectivity index (χ4n) is 3.26. The highest BCUT2D eigenvalue weighted by atomic mass is 79.9. The Balaban J connectivity index is 1.59. The number of thioether (sulfide) groups is 1. The number of hydrogen-bond acceptors (Lipinski definition) is 6. The molecule has 4 aromatic rings. The lowest BCUT2D eigenvalue weighted by Crippen LogP contribution is -2.00. The molecule has 0 spiro atoms. The number of methoxy groups -OCH3 is 1. The first kappa shape index (κ1) is 25.8. The number of aromatic nitrogens is 3. The predicted octanol–water partition coefficient (Wildman–Crippen LogP) is 7.00. The van der Waals surface area contributed by atoms with Crippen molar-refractivity contribution < 1.29 is 19.4 Å². The van der Waals surface area contributed by atoms with E-state index < -0.39 is 5.97 Å². The summed E-state index contributed by atoms with van der Waals surface area (Å²) in [6.45, 7) is 2.38. The summed E-state index contributed by atoms with van der Waals surface area (Å²) in [6.07, 6.45) is 1.54. The number of halogens is 2. The molecule has 1 aromatic heterocycles. The van der Waals surface area contributed by atoms with E-state index in [-0.39, 0.29) is 10.1 Å². The van der Waals surface area contributed by atoms with Crippen LogP contribution in [-0.2, 0) is 11.4 Å². The summed E-state index contributed by atoms with van der Waals surface area (Å²) in [6, 6.07) is 18.6. The minimum Gasteiger partial charge on any atom is -0.496 e. The zero-order valence-corrected chi connectivity index (χ0v) is 22.4. The van der Waals surface area contributed by atoms with Crippen molar-refractivity contribution in [1.29, 1.82) is 0 Å². The van der Waals surface area contributed by atoms with Crippen LogP contribution in [0.5, 0.6) is 11.5 Å². The molecule has 0 saturated heterocycles. The second kappa shape index (κ2) is 11.6. The van der Waals surface area contributed by atoms with Crippen LogP contribution in [0.2, 0.25) is 5.02 Å². The van der Waals surface area contributed by atoms with E-state index >= 15 is 0 Å². The Labute approximate surface area is 225 Å². The van der Waals surface area contributed by atoms with Crippen molar-refractivity contribution in [3.63, 3.8) is 0 Å². The van der Waals surface area contributed by atoms with E-state index in [0.717, 1.165) is 27.4 Å². The normalized spacial score (nSPS) is 11.4. The number of hydrogen-bond donors (Lipinski definition) is 2. The molecule has 0 fully saturated rings. The van der Waals surface area contributed by atoms with Crippen LogP contribution in [0.15, 0.2) is 75.2 Å². The smallest absolute Gasteiger partial charge is 0.342 e. The van der Waals surface area contributed by atoms with E-state index in [9.17, 15) is 9.90 Å². The van der Waals surface area contributed by atoms with Crippen LogP contribution in [0.3, 0.4) is 0 Å². The topological polar surface area (TPSA) is 97.3 Å². The lowest BCUT2D eigenvalue weighted by Gasteiger charge is -2.11. The maximum atomic E-state index is 12.1. The zero-order chi connectivity index (χ0) is 25.7. The number of benzene rings is 3. The number of aromatic amines is 1. The van der Waals surface area contributed by atoms with Gasteiger partial charge in [0.1, 0.15) is 23.0 Å². The molecule has 4 rings (SSSR count). The number of nitrogens with zero attached hydrogens (tertiary/aromatic N) is 2. The fourth-order valence-corrected chi connectivity index (χ4v) is 4.51. The maximum absolute atomic E-state index is 12.1. The van der Waals surface area contributed by atoms with Crippen molar-refractivity contribution in [2.24, 2.45) is 0 Å². The van der Waals surface area contributed by atoms with E-state index in [1.807, 2.05) is 37.3 Å². The third-order valence-corrected chi connectivity index (χ3v) is 6.67. The molecule has 0 saturated carbocycles. The first-order valence-electron chi connectivity index (χ1n) is 10.7. The summed E-state index contributed by atoms with van der Waals surface area (Å²) in [5.41, 5.74) is 3.40. The van der Waals surface area contributed by atoms with E-state index in [2.05, 4.69) is 31.1 Å². The quantitative estimate of drug-likeness (QED) is 0.161. The number of nitrogens with one attached hydrogen (secondary N) is 1. The van der Waals surface area contributed by atoms with Gasteiger partial charge in [0.25, 0.3) is 0 Å². The van der Waals surface area contributed by atoms with Gasteiger partial charge in [-0.1, -0.05) is 57.4 Å². The molecule has 0 aliphatic rings. The molecular formula is C26H21BrClN3O4S. The number of aryl methyl sites for hydroxylation is 1. The molecule has 10 heteroatoms. The molecule has 7 nitrogen and oxygen atoms in total. The van der Waals surface area contributed by atoms with Gasteiger partial charge in [0.15, 0.2) is 5.82 Å². The molecule has 0 aliphatic heterocycles. The van der Waals surface area contributed by atoms with Crippen LogP contribution in [0.4, 0.5) is 0 Å². The zero-order valence-electron chi connectivity index (χ0n) is 19.3. The Morgan fingerprint density at radius 3 is 2.61 bits per heavy atom. The van der Waals surface area contributed by atoms with Crippen LogP contribution in [0.1, 0.15) is 16.7 Å². The molecule has 0 unspecified atom stereocenters. The Bertz CT molecular complexity index is 1420. The molecule has 3 aromatic carbocycles. The minimum absolute atomic E-state index is 0.0249. The summed E-state index contributed by atoms with van der Waals surface area (Å²) in [4.78, 5) is 16.5. The highest BCUT2D eigenvalue weighted by Crippen LogP contribution is 2.34. The number of H-pyrrole nitrogens is 1. The van der Waals surface area contributed by atoms with Crippen LogP contribution in [-0.4, -0.2) is 33.4 Å². The summed E-state index contributed by atoms with van der Waals surface area (Å²) in [5.74, 6) is 0.408. The van der Waals surface area contributed by atoms with Crippen LogP contribution >= 0.6 is 39.3 Å². The molecule has 1 heterocycles. The number of carbonyl (C=O) groups is 1. The largest absolute Gasteiger partial charge is 0.496 e. The second-order valence-electron chi connectivity index (χ2n) is 7.68. The highest BCUT2D eigenvalue weighted by molar-refractivity contribution is 9.10. The standard InChI is InChI=1S/C26H21BrClN3O4S/c1-15-3-5-16(6-4-15)14-35-21-9-7-18(27)11-17(21)12-23(25(32)33)36-26-29-24(30-31-26)20-13-19(28)8-10-22(20)34-2/h3-13H,14H2,1-2H3,(H,32,33)(H,29,30,31)/b23-12-. The summed E-state index contributed by atoms with van der Waals surface area (Å²) in [5, 5.41) is 17.6. The molecule has 0 bridgehead atoms. The van der Waals surface area contributed by atoms with Crippen molar-refractivity contribution in [1.82, 2.24) is 15.2 Å². The average Bonchev–Trinajstić information content (AvgIpc) is 3.32. The SMILES string of the molecule is COc1ccc(Cl)cc1-c1nc(S/C(=C\c2cc(Br)ccc2OCc2ccc(C)cc2)C(=O)O)n[nH]1. The minimum atomic E-state index is -1.11. The van der Waals surface area contributed by atoms with Gasteiger partial charge in [-0.05, 0) is 66.7 Å². The van der Waals surface area contributed by atoms with Crippen molar-refractivity contribution in [2.75, 3.05) is 7.11 Å². The van der Waals surface area contributed by atoms with Gasteiger partial charge < -0.3 is 14.6 Å². The number of ether oxygens (including phenoxy) is 2. The Morgan fingerprint density at radius 1 is 1.14 bits per heavy atom. The Kier molecular flexibility index (Phi) is 8.35. The molecule has 0 atom stereocenters. The lowest BCUT2D eigenvalue weighted by atomic mass is 10.1. The Hall–Kier alpha value is -3.27. The van der Waals surface area contributed by atoms with Crippen molar-refractivity contribution in [2.45, 2.75) is 18.7 Å². The molecule has 0 amide bonds. The van der Waals surface area contributed by atoms with Crippen molar-refractivity contribution in [3.8, 4) is 22.9 Å². The molecule has 184 valence electrons. The van der Waals surface area contributed by atoms with E-state index in [1.54, 1.807) is 37.4 Å². The second-order valence-corrected chi connectivity index (χ2v) is 10.0. The number of carboxylic acid groups (broad SMARTS) is 1. The monoisotopic (exact) mass is 585 g/mol. The number of aliphatic carboxylic acids is 1. The first-order chi connectivity index (χ1) is 17.3. The van der Waals surface area contributed by atoms with Gasteiger partial charge in [0.2, 0.25) is 5.16 Å². The molecule has 36 heavy (non-hydrogen) atoms. The molecule has 0 radical (unpaired) electrons. The van der Waals surface area contributed by atoms with Gasteiger partial charge in [-0.25, -0.2) is 9.78 Å². The van der Waals surface area contributed by atoms with E-state index in [1.165, 1.54) is 6.08 Å². The van der Waals surface area contributed by atoms with Gasteiger partial charge in [0.05, 0.1) is 12.7 Å². The van der Waals surface area contributed by atoms with Gasteiger partial charge in [-0.3, -0.25) is 5.10 Å². The highest BCUT2D eigenvalue weighted by Gasteiger charge is 2.17. The van der Waals surface area contributed by atoms with E-state index in [0.29, 0.717) is 40.1 Å². The third-order valence-electron chi connectivity index (χ3n) is 5.07.